The summed E-state index contributed by atoms with van der Waals surface area (Å²) in [6.07, 6.45) is 0.622. The van der Waals surface area contributed by atoms with E-state index in [1.54, 1.807) is 24.3 Å². The third-order valence-corrected chi connectivity index (χ3v) is 7.99. The fourth-order valence-corrected chi connectivity index (χ4v) is 5.84. The van der Waals surface area contributed by atoms with Crippen LogP contribution in [-0.4, -0.2) is 31.6 Å². The van der Waals surface area contributed by atoms with Crippen molar-refractivity contribution < 1.29 is 13.2 Å². The molecule has 1 N–H and O–H groups in total. The Kier molecular flexibility index (Phi) is 5.38. The van der Waals surface area contributed by atoms with E-state index < -0.39 is 10.0 Å². The van der Waals surface area contributed by atoms with Gasteiger partial charge < -0.3 is 0 Å². The number of rotatable bonds is 4. The van der Waals surface area contributed by atoms with Gasteiger partial charge in [0.15, 0.2) is 5.13 Å². The van der Waals surface area contributed by atoms with Gasteiger partial charge in [0.1, 0.15) is 0 Å². The van der Waals surface area contributed by atoms with Gasteiger partial charge >= 0.3 is 0 Å². The predicted molar refractivity (Wildman–Crippen MR) is 122 cm³/mol. The lowest BCUT2D eigenvalue weighted by molar-refractivity contribution is 0.102. The number of hydrogen-bond donors (Lipinski definition) is 1. The zero-order chi connectivity index (χ0) is 21.5. The topological polar surface area (TPSA) is 79.4 Å². The van der Waals surface area contributed by atoms with Crippen LogP contribution in [-0.2, 0) is 10.0 Å². The molecule has 1 fully saturated rings. The Bertz CT molecular complexity index is 1210. The molecule has 6 nitrogen and oxygen atoms in total. The monoisotopic (exact) mass is 441 g/mol. The Morgan fingerprint density at radius 3 is 2.43 bits per heavy atom. The fraction of sp³-hybridized carbons (Fsp3) is 0.273. The maximum Gasteiger partial charge on any atom is 0.257 e. The van der Waals surface area contributed by atoms with Crippen LogP contribution in [0.3, 0.4) is 0 Å². The molecule has 1 saturated heterocycles. The summed E-state index contributed by atoms with van der Waals surface area (Å²) in [5.41, 5.74) is 6.53. The first kappa shape index (κ1) is 20.6. The maximum atomic E-state index is 12.6. The summed E-state index contributed by atoms with van der Waals surface area (Å²) in [6, 6.07) is 10.9. The van der Waals surface area contributed by atoms with Crippen molar-refractivity contribution in [3.8, 4) is 11.3 Å². The summed E-state index contributed by atoms with van der Waals surface area (Å²) < 4.78 is 25.5. The van der Waals surface area contributed by atoms with Crippen LogP contribution in [0.15, 0.2) is 41.8 Å². The molecule has 0 spiro atoms. The van der Waals surface area contributed by atoms with E-state index in [9.17, 15) is 13.2 Å². The van der Waals surface area contributed by atoms with Crippen molar-refractivity contribution >= 4 is 38.1 Å². The van der Waals surface area contributed by atoms with Crippen molar-refractivity contribution in [2.45, 2.75) is 27.2 Å². The largest absolute Gasteiger partial charge is 0.298 e. The van der Waals surface area contributed by atoms with E-state index in [0.29, 0.717) is 29.3 Å². The minimum atomic E-state index is -3.23. The first-order chi connectivity index (χ1) is 14.2. The molecule has 0 radical (unpaired) electrons. The van der Waals surface area contributed by atoms with Gasteiger partial charge in [0.25, 0.3) is 5.91 Å². The van der Waals surface area contributed by atoms with Gasteiger partial charge in [-0.1, -0.05) is 6.07 Å². The van der Waals surface area contributed by atoms with Crippen LogP contribution in [0.4, 0.5) is 10.8 Å². The Balaban J connectivity index is 1.49. The van der Waals surface area contributed by atoms with Gasteiger partial charge in [-0.05, 0) is 74.2 Å². The molecule has 1 aliphatic rings. The molecule has 156 valence electrons. The fourth-order valence-electron chi connectivity index (χ4n) is 3.57. The van der Waals surface area contributed by atoms with E-state index in [4.69, 9.17) is 0 Å². The van der Waals surface area contributed by atoms with Crippen molar-refractivity contribution in [2.24, 2.45) is 0 Å². The second-order valence-electron chi connectivity index (χ2n) is 7.53. The molecule has 2 heterocycles. The minimum absolute atomic E-state index is 0.168. The van der Waals surface area contributed by atoms with Crippen LogP contribution < -0.4 is 9.62 Å². The van der Waals surface area contributed by atoms with Gasteiger partial charge in [0.2, 0.25) is 10.0 Å². The van der Waals surface area contributed by atoms with Gasteiger partial charge in [-0.25, -0.2) is 13.4 Å². The quantitative estimate of drug-likeness (QED) is 0.645. The number of thiazole rings is 1. The second-order valence-corrected chi connectivity index (χ2v) is 10.4. The minimum Gasteiger partial charge on any atom is -0.298 e. The van der Waals surface area contributed by atoms with Gasteiger partial charge in [-0.3, -0.25) is 14.4 Å². The lowest BCUT2D eigenvalue weighted by Gasteiger charge is -2.16. The van der Waals surface area contributed by atoms with E-state index in [1.165, 1.54) is 26.8 Å². The molecule has 1 aromatic heterocycles. The summed E-state index contributed by atoms with van der Waals surface area (Å²) >= 11 is 1.38. The third-order valence-electron chi connectivity index (χ3n) is 5.36. The lowest BCUT2D eigenvalue weighted by Crippen LogP contribution is -2.25. The molecular formula is C22H23N3O3S2. The number of sulfonamides is 1. The molecule has 1 aliphatic heterocycles. The van der Waals surface area contributed by atoms with E-state index in [0.717, 1.165) is 16.8 Å². The summed E-state index contributed by atoms with van der Waals surface area (Å²) in [4.78, 5) is 17.2. The van der Waals surface area contributed by atoms with Crippen LogP contribution in [0.2, 0.25) is 0 Å². The Labute approximate surface area is 180 Å². The first-order valence-electron chi connectivity index (χ1n) is 9.70. The molecule has 0 aliphatic carbocycles. The Morgan fingerprint density at radius 1 is 1.07 bits per heavy atom. The number of carbonyl (C=O) groups is 1. The summed E-state index contributed by atoms with van der Waals surface area (Å²) in [5.74, 6) is -0.106. The molecule has 1 amide bonds. The van der Waals surface area contributed by atoms with Gasteiger partial charge in [-0.15, -0.1) is 11.3 Å². The number of nitrogens with zero attached hydrogens (tertiary/aromatic N) is 2. The van der Waals surface area contributed by atoms with Crippen LogP contribution in [0, 0.1) is 20.8 Å². The number of aromatic nitrogens is 1. The zero-order valence-electron chi connectivity index (χ0n) is 17.1. The molecule has 0 atom stereocenters. The average molecular weight is 442 g/mol. The molecule has 0 saturated carbocycles. The summed E-state index contributed by atoms with van der Waals surface area (Å²) in [7, 11) is -3.23. The van der Waals surface area contributed by atoms with Crippen molar-refractivity contribution in [2.75, 3.05) is 21.9 Å². The van der Waals surface area contributed by atoms with Crippen molar-refractivity contribution in [1.82, 2.24) is 4.98 Å². The standard InChI is InChI=1S/C22H23N3O3S2/c1-14-11-16(3)19(12-15(14)2)20-13-29-22(23-20)24-21(26)17-5-7-18(8-6-17)25-9-4-10-30(25,27)28/h5-8,11-13H,4,9-10H2,1-3H3,(H,23,24,26). The highest BCUT2D eigenvalue weighted by Gasteiger charge is 2.28. The highest BCUT2D eigenvalue weighted by molar-refractivity contribution is 7.93. The third kappa shape index (κ3) is 3.97. The Hall–Kier alpha value is -2.71. The summed E-state index contributed by atoms with van der Waals surface area (Å²) in [5, 5.41) is 5.30. The molecule has 0 bridgehead atoms. The van der Waals surface area contributed by atoms with E-state index >= 15 is 0 Å². The number of anilines is 2. The molecule has 4 rings (SSSR count). The van der Waals surface area contributed by atoms with Crippen LogP contribution in [0.1, 0.15) is 33.5 Å². The maximum absolute atomic E-state index is 12.6. The second kappa shape index (κ2) is 7.85. The highest BCUT2D eigenvalue weighted by atomic mass is 32.2. The lowest BCUT2D eigenvalue weighted by atomic mass is 9.99. The van der Waals surface area contributed by atoms with Gasteiger partial charge in [0, 0.05) is 23.1 Å². The number of carbonyl (C=O) groups excluding carboxylic acids is 1. The first-order valence-corrected chi connectivity index (χ1v) is 12.2. The van der Waals surface area contributed by atoms with Gasteiger partial charge in [-0.2, -0.15) is 0 Å². The number of benzene rings is 2. The average Bonchev–Trinajstić information content (AvgIpc) is 3.30. The Morgan fingerprint density at radius 2 is 1.77 bits per heavy atom. The number of amides is 1. The van der Waals surface area contributed by atoms with E-state index in [2.05, 4.69) is 43.2 Å². The van der Waals surface area contributed by atoms with Crippen molar-refractivity contribution in [3.05, 3.63) is 64.0 Å². The van der Waals surface area contributed by atoms with Crippen LogP contribution in [0.25, 0.3) is 11.3 Å². The van der Waals surface area contributed by atoms with E-state index in [-0.39, 0.29) is 11.7 Å². The SMILES string of the molecule is Cc1cc(C)c(-c2csc(NC(=O)c3ccc(N4CCCS4(=O)=O)cc3)n2)cc1C. The van der Waals surface area contributed by atoms with Crippen molar-refractivity contribution in [1.29, 1.82) is 0 Å². The highest BCUT2D eigenvalue weighted by Crippen LogP contribution is 2.30. The van der Waals surface area contributed by atoms with Gasteiger partial charge in [0.05, 0.1) is 17.1 Å². The van der Waals surface area contributed by atoms with E-state index in [1.807, 2.05) is 5.38 Å². The van der Waals surface area contributed by atoms with Crippen molar-refractivity contribution in [3.63, 3.8) is 0 Å². The predicted octanol–water partition coefficient (Wildman–Crippen LogP) is 4.53. The molecular weight excluding hydrogens is 418 g/mol. The zero-order valence-corrected chi connectivity index (χ0v) is 18.7. The molecule has 8 heteroatoms. The van der Waals surface area contributed by atoms with Crippen LogP contribution in [0.5, 0.6) is 0 Å². The van der Waals surface area contributed by atoms with Crippen LogP contribution >= 0.6 is 11.3 Å². The number of aryl methyl sites for hydroxylation is 3. The normalized spacial score (nSPS) is 15.4. The smallest absolute Gasteiger partial charge is 0.257 e. The summed E-state index contributed by atoms with van der Waals surface area (Å²) in [6.45, 7) is 6.70. The number of nitrogens with one attached hydrogen (secondary N) is 1. The number of hydrogen-bond acceptors (Lipinski definition) is 5. The molecule has 30 heavy (non-hydrogen) atoms. The molecule has 2 aromatic carbocycles. The molecule has 0 unspecified atom stereocenters. The molecule has 3 aromatic rings.